The third kappa shape index (κ3) is 16.0. The molecule has 0 radical (unpaired) electrons. The number of carbonyl (C=O) groups is 1. The number of allylic oxidation sites excluding steroid dienone is 2. The maximum absolute atomic E-state index is 10.4. The van der Waals surface area contributed by atoms with Crippen molar-refractivity contribution in [2.75, 3.05) is 41.1 Å². The summed E-state index contributed by atoms with van der Waals surface area (Å²) in [7, 11) is 5.13. The van der Waals surface area contributed by atoms with Gasteiger partial charge in [-0.3, -0.25) is 9.47 Å². The van der Waals surface area contributed by atoms with E-state index in [0.29, 0.717) is 25.8 Å². The molecule has 0 aliphatic heterocycles. The molecule has 2 aromatic heterocycles. The molecular weight excluding hydrogens is 432 g/mol. The summed E-state index contributed by atoms with van der Waals surface area (Å²) in [4.78, 5) is 25.7. The van der Waals surface area contributed by atoms with Gasteiger partial charge in [0, 0.05) is 37.7 Å². The van der Waals surface area contributed by atoms with Gasteiger partial charge in [-0.25, -0.2) is 15.0 Å². The van der Waals surface area contributed by atoms with Crippen LogP contribution in [0, 0.1) is 6.92 Å². The van der Waals surface area contributed by atoms with Crippen molar-refractivity contribution in [3.63, 3.8) is 0 Å². The lowest BCUT2D eigenvalue weighted by atomic mass is 10.1. The van der Waals surface area contributed by atoms with Crippen LogP contribution >= 0.6 is 0 Å². The van der Waals surface area contributed by atoms with Crippen LogP contribution < -0.4 is 5.73 Å². The zero-order chi connectivity index (χ0) is 26.2. The van der Waals surface area contributed by atoms with Crippen LogP contribution in [0.2, 0.25) is 0 Å². The van der Waals surface area contributed by atoms with E-state index in [2.05, 4.69) is 43.8 Å². The first-order chi connectivity index (χ1) is 16.4. The molecule has 0 amide bonds. The predicted octanol–water partition coefficient (Wildman–Crippen LogP) is 3.89. The Labute approximate surface area is 205 Å². The minimum absolute atomic E-state index is 0.167. The van der Waals surface area contributed by atoms with Gasteiger partial charge >= 0.3 is 0 Å². The van der Waals surface area contributed by atoms with Crippen LogP contribution in [-0.4, -0.2) is 71.9 Å². The van der Waals surface area contributed by atoms with Gasteiger partial charge in [0.25, 0.3) is 0 Å². The Hall–Kier alpha value is -2.72. The Kier molecular flexibility index (Phi) is 23.1. The van der Waals surface area contributed by atoms with Gasteiger partial charge in [0.1, 0.15) is 19.4 Å². The summed E-state index contributed by atoms with van der Waals surface area (Å²) in [5.41, 5.74) is 6.40. The third-order valence-electron chi connectivity index (χ3n) is 4.29. The number of imidazole rings is 1. The van der Waals surface area contributed by atoms with Crippen LogP contribution in [0.4, 0.5) is 0 Å². The highest BCUT2D eigenvalue weighted by Crippen LogP contribution is 2.18. The number of hydrogen-bond acceptors (Lipinski definition) is 8. The second kappa shape index (κ2) is 23.4. The molecule has 0 saturated heterocycles. The lowest BCUT2D eigenvalue weighted by molar-refractivity contribution is -0.108. The molecule has 9 heteroatoms. The molecule has 0 aliphatic carbocycles. The van der Waals surface area contributed by atoms with Crippen LogP contribution in [0.1, 0.15) is 51.0 Å². The molecule has 192 valence electrons. The van der Waals surface area contributed by atoms with E-state index < -0.39 is 0 Å². The fourth-order valence-corrected chi connectivity index (χ4v) is 2.34. The van der Waals surface area contributed by atoms with Gasteiger partial charge in [-0.15, -0.1) is 6.58 Å². The maximum atomic E-state index is 10.4. The second-order valence-corrected chi connectivity index (χ2v) is 6.90. The first-order valence-electron chi connectivity index (χ1n) is 11.2. The highest BCUT2D eigenvalue weighted by Gasteiger charge is 2.15. The van der Waals surface area contributed by atoms with Gasteiger partial charge in [0.15, 0.2) is 0 Å². The number of nitrogens with two attached hydrogens (primary N) is 1. The van der Waals surface area contributed by atoms with E-state index in [9.17, 15) is 4.79 Å². The summed E-state index contributed by atoms with van der Waals surface area (Å²) in [5.74, 6) is 0.635. The molecule has 0 fully saturated rings. The Bertz CT molecular complexity index is 762. The minimum atomic E-state index is 0.167. The van der Waals surface area contributed by atoms with Crippen molar-refractivity contribution in [1.82, 2.24) is 24.4 Å². The number of aromatic nitrogens is 4. The molecule has 2 rings (SSSR count). The number of nitrogens with zero attached hydrogens (tertiary/aromatic N) is 5. The minimum Gasteiger partial charge on any atom is -0.359 e. The molecule has 0 aliphatic rings. The van der Waals surface area contributed by atoms with Crippen molar-refractivity contribution < 1.29 is 14.3 Å². The number of ether oxygens (including phenoxy) is 2. The lowest BCUT2D eigenvalue weighted by Crippen LogP contribution is -2.25. The van der Waals surface area contributed by atoms with Crippen molar-refractivity contribution in [2.24, 2.45) is 5.73 Å². The third-order valence-corrected chi connectivity index (χ3v) is 4.29. The average Bonchev–Trinajstić information content (AvgIpc) is 3.41. The SMILES string of the molecule is C/C=C/C.C=CCOCOC.CN.Cc1cc(C(C)N(C)CCCC=O)nc(-n2ccnc2)n1. The van der Waals surface area contributed by atoms with Crippen LogP contribution in [0.5, 0.6) is 0 Å². The summed E-state index contributed by atoms with van der Waals surface area (Å²) >= 11 is 0. The standard InChI is InChI=1S/C15H21N5O.C5H10O2.C4H8.CH5N/c1-12-10-14(13(2)19(3)7-4-5-9-21)18-15(17-12)20-8-6-16-11-20;1-3-4-7-5-6-2;1-3-4-2;1-2/h6,8-11,13H,4-5,7H2,1-3H3;3H,1,4-5H2,2H3;3-4H,1-2H3;2H2,1H3/b;;4-3+;. The Balaban J connectivity index is 0. The smallest absolute Gasteiger partial charge is 0.235 e. The lowest BCUT2D eigenvalue weighted by Gasteiger charge is -2.24. The fraction of sp³-hybridized carbons (Fsp3) is 0.520. The first kappa shape index (κ1) is 33.5. The molecule has 2 heterocycles. The monoisotopic (exact) mass is 476 g/mol. The summed E-state index contributed by atoms with van der Waals surface area (Å²) < 4.78 is 11.2. The fourth-order valence-electron chi connectivity index (χ4n) is 2.34. The normalized spacial score (nSPS) is 10.9. The molecule has 0 aromatic carbocycles. The molecule has 2 aromatic rings. The van der Waals surface area contributed by atoms with Crippen molar-refractivity contribution in [1.29, 1.82) is 0 Å². The number of aldehydes is 1. The number of carbonyl (C=O) groups excluding carboxylic acids is 1. The van der Waals surface area contributed by atoms with Crippen molar-refractivity contribution >= 4 is 6.29 Å². The van der Waals surface area contributed by atoms with Gasteiger partial charge in [0.2, 0.25) is 5.95 Å². The summed E-state index contributed by atoms with van der Waals surface area (Å²) in [6, 6.07) is 2.17. The van der Waals surface area contributed by atoms with Crippen molar-refractivity contribution in [3.8, 4) is 5.95 Å². The summed E-state index contributed by atoms with van der Waals surface area (Å²) in [5, 5.41) is 0. The van der Waals surface area contributed by atoms with Gasteiger partial charge < -0.3 is 20.0 Å². The summed E-state index contributed by atoms with van der Waals surface area (Å²) in [6.07, 6.45) is 13.3. The molecule has 0 saturated carbocycles. The van der Waals surface area contributed by atoms with E-state index in [-0.39, 0.29) is 6.04 Å². The number of rotatable bonds is 11. The molecule has 34 heavy (non-hydrogen) atoms. The zero-order valence-electron chi connectivity index (χ0n) is 22.0. The van der Waals surface area contributed by atoms with Crippen LogP contribution in [0.3, 0.4) is 0 Å². The Morgan fingerprint density at radius 3 is 2.44 bits per heavy atom. The number of hydrogen-bond donors (Lipinski definition) is 1. The topological polar surface area (TPSA) is 108 Å². The van der Waals surface area contributed by atoms with E-state index >= 15 is 0 Å². The van der Waals surface area contributed by atoms with Crippen LogP contribution in [0.15, 0.2) is 49.6 Å². The van der Waals surface area contributed by atoms with E-state index in [0.717, 1.165) is 30.6 Å². The van der Waals surface area contributed by atoms with Gasteiger partial charge in [-0.2, -0.15) is 0 Å². The maximum Gasteiger partial charge on any atom is 0.235 e. The number of unbranched alkanes of at least 4 members (excludes halogenated alkanes) is 1. The second-order valence-electron chi connectivity index (χ2n) is 6.90. The van der Waals surface area contributed by atoms with Gasteiger partial charge in [0.05, 0.1) is 12.3 Å². The molecule has 9 nitrogen and oxygen atoms in total. The summed E-state index contributed by atoms with van der Waals surface area (Å²) in [6.45, 7) is 13.3. The largest absolute Gasteiger partial charge is 0.359 e. The Morgan fingerprint density at radius 2 is 1.94 bits per heavy atom. The highest BCUT2D eigenvalue weighted by atomic mass is 16.7. The first-order valence-corrected chi connectivity index (χ1v) is 11.2. The highest BCUT2D eigenvalue weighted by molar-refractivity contribution is 5.49. The molecule has 2 N–H and O–H groups in total. The predicted molar refractivity (Wildman–Crippen MR) is 139 cm³/mol. The van der Waals surface area contributed by atoms with Crippen LogP contribution in [0.25, 0.3) is 5.95 Å². The van der Waals surface area contributed by atoms with E-state index in [1.54, 1.807) is 30.3 Å². The quantitative estimate of drug-likeness (QED) is 0.225. The number of aryl methyl sites for hydroxylation is 1. The van der Waals surface area contributed by atoms with E-state index in [4.69, 9.17) is 4.74 Å². The number of methoxy groups -OCH3 is 1. The van der Waals surface area contributed by atoms with Crippen LogP contribution in [-0.2, 0) is 14.3 Å². The molecule has 0 spiro atoms. The van der Waals surface area contributed by atoms with E-state index in [1.807, 2.05) is 52.2 Å². The molecular formula is C25H44N6O3. The molecule has 1 unspecified atom stereocenters. The molecule has 0 bridgehead atoms. The average molecular weight is 477 g/mol. The van der Waals surface area contributed by atoms with Gasteiger partial charge in [-0.1, -0.05) is 18.2 Å². The van der Waals surface area contributed by atoms with Crippen molar-refractivity contribution in [3.05, 3.63) is 61.0 Å². The Morgan fingerprint density at radius 1 is 1.26 bits per heavy atom. The van der Waals surface area contributed by atoms with E-state index in [1.165, 1.54) is 7.05 Å². The zero-order valence-corrected chi connectivity index (χ0v) is 22.0. The molecule has 1 atom stereocenters. The van der Waals surface area contributed by atoms with Crippen molar-refractivity contribution in [2.45, 2.75) is 46.6 Å². The van der Waals surface area contributed by atoms with Gasteiger partial charge in [-0.05, 0) is 60.8 Å².